The standard InChI is InChI=1S/C27H48N3O9P/c1-2-3-4-5-6-7-8-9-10-11-12-13-14-15-16-17-18-37-40(35,36)38-19-21-23(31)24(32)27(39-21)30-20-29-22(25(28)33)26(30)34/h9-10,20-21,23-24,27,31-32,34H,2-8,11-19H2,1H3,(H2,28,33)(H,35,36)/b10-9-/t21-,23-,24-,27-/m1/s1. The summed E-state index contributed by atoms with van der Waals surface area (Å²) in [5.74, 6) is -1.62. The van der Waals surface area contributed by atoms with E-state index in [1.807, 2.05) is 0 Å². The van der Waals surface area contributed by atoms with Crippen LogP contribution in [0.25, 0.3) is 0 Å². The van der Waals surface area contributed by atoms with E-state index in [4.69, 9.17) is 19.5 Å². The van der Waals surface area contributed by atoms with E-state index < -0.39 is 56.5 Å². The number of carbonyl (C=O) groups excluding carboxylic acids is 1. The normalized spacial score (nSPS) is 22.7. The average Bonchev–Trinajstić information content (AvgIpc) is 3.43. The van der Waals surface area contributed by atoms with E-state index in [1.165, 1.54) is 51.4 Å². The maximum absolute atomic E-state index is 12.2. The molecule has 5 atom stereocenters. The summed E-state index contributed by atoms with van der Waals surface area (Å²) in [7, 11) is -4.40. The lowest BCUT2D eigenvalue weighted by Crippen LogP contribution is -2.33. The molecule has 1 aliphatic heterocycles. The zero-order valence-corrected chi connectivity index (χ0v) is 24.5. The molecule has 12 nitrogen and oxygen atoms in total. The Bertz CT molecular complexity index is 942. The Morgan fingerprint density at radius 2 is 1.57 bits per heavy atom. The number of aliphatic hydroxyl groups excluding tert-OH is 2. The van der Waals surface area contributed by atoms with Crippen LogP contribution in [-0.4, -0.2) is 67.2 Å². The third kappa shape index (κ3) is 12.0. The fraction of sp³-hybridized carbons (Fsp3) is 0.778. The Morgan fingerprint density at radius 1 is 1.00 bits per heavy atom. The van der Waals surface area contributed by atoms with Gasteiger partial charge in [-0.3, -0.25) is 18.4 Å². The lowest BCUT2D eigenvalue weighted by atomic mass is 10.1. The highest BCUT2D eigenvalue weighted by Crippen LogP contribution is 2.44. The molecule has 0 radical (unpaired) electrons. The molecule has 1 amide bonds. The molecule has 230 valence electrons. The number of nitrogens with two attached hydrogens (primary N) is 1. The topological polar surface area (TPSA) is 187 Å². The van der Waals surface area contributed by atoms with Crippen molar-refractivity contribution in [3.63, 3.8) is 0 Å². The smallest absolute Gasteiger partial charge is 0.472 e. The van der Waals surface area contributed by atoms with E-state index in [1.54, 1.807) is 0 Å². The van der Waals surface area contributed by atoms with Gasteiger partial charge in [0.1, 0.15) is 24.6 Å². The highest BCUT2D eigenvalue weighted by atomic mass is 31.2. The van der Waals surface area contributed by atoms with E-state index in [2.05, 4.69) is 24.1 Å². The van der Waals surface area contributed by atoms with Crippen molar-refractivity contribution in [2.24, 2.45) is 5.73 Å². The molecule has 1 saturated heterocycles. The largest absolute Gasteiger partial charge is 0.493 e. The van der Waals surface area contributed by atoms with E-state index in [-0.39, 0.29) is 6.61 Å². The fourth-order valence-electron chi connectivity index (χ4n) is 4.55. The first kappa shape index (κ1) is 34.4. The SMILES string of the molecule is CCCCCCCC/C=C\CCCCCCCCOP(=O)(O)OC[C@H]1O[C@@H](n2cnc(C(N)=O)c2O)[C@H](O)[C@@H]1O. The molecule has 2 rings (SSSR count). The molecule has 0 aliphatic carbocycles. The highest BCUT2D eigenvalue weighted by Gasteiger charge is 2.45. The Labute approximate surface area is 237 Å². The predicted molar refractivity (Wildman–Crippen MR) is 150 cm³/mol. The van der Waals surface area contributed by atoms with Gasteiger partial charge in [0.15, 0.2) is 11.9 Å². The van der Waals surface area contributed by atoms with Crippen LogP contribution in [0.1, 0.15) is 114 Å². The first-order valence-electron chi connectivity index (χ1n) is 14.5. The number of allylic oxidation sites excluding steroid dienone is 2. The summed E-state index contributed by atoms with van der Waals surface area (Å²) in [6, 6.07) is 0. The van der Waals surface area contributed by atoms with Gasteiger partial charge in [-0.15, -0.1) is 0 Å². The molecule has 0 aromatic carbocycles. The Hall–Kier alpha value is -1.79. The van der Waals surface area contributed by atoms with Crippen LogP contribution < -0.4 is 5.73 Å². The number of nitrogens with zero attached hydrogens (tertiary/aromatic N) is 2. The van der Waals surface area contributed by atoms with E-state index in [0.29, 0.717) is 6.42 Å². The summed E-state index contributed by atoms with van der Waals surface area (Å²) in [6.07, 6.45) is 16.2. The summed E-state index contributed by atoms with van der Waals surface area (Å²) in [4.78, 5) is 24.9. The van der Waals surface area contributed by atoms with Crippen molar-refractivity contribution in [1.29, 1.82) is 0 Å². The molecule has 13 heteroatoms. The molecule has 0 spiro atoms. The zero-order valence-electron chi connectivity index (χ0n) is 23.6. The van der Waals surface area contributed by atoms with Gasteiger partial charge in [0.25, 0.3) is 5.91 Å². The maximum atomic E-state index is 12.2. The minimum absolute atomic E-state index is 0.0487. The lowest BCUT2D eigenvalue weighted by Gasteiger charge is -2.17. The van der Waals surface area contributed by atoms with Gasteiger partial charge in [0.2, 0.25) is 5.88 Å². The molecule has 1 aliphatic rings. The molecule has 2 heterocycles. The van der Waals surface area contributed by atoms with Crippen molar-refractivity contribution in [2.45, 2.75) is 121 Å². The van der Waals surface area contributed by atoms with Crippen LogP contribution in [0.15, 0.2) is 18.5 Å². The number of aromatic hydroxyl groups is 1. The van der Waals surface area contributed by atoms with Crippen LogP contribution in [0.5, 0.6) is 5.88 Å². The number of imidazole rings is 1. The van der Waals surface area contributed by atoms with Crippen LogP contribution >= 0.6 is 7.82 Å². The third-order valence-electron chi connectivity index (χ3n) is 6.92. The van der Waals surface area contributed by atoms with Crippen molar-refractivity contribution < 1.29 is 43.4 Å². The summed E-state index contributed by atoms with van der Waals surface area (Å²) >= 11 is 0. The van der Waals surface area contributed by atoms with Crippen LogP contribution in [0, 0.1) is 0 Å². The van der Waals surface area contributed by atoms with Crippen molar-refractivity contribution >= 4 is 13.7 Å². The number of phosphoric ester groups is 1. The minimum Gasteiger partial charge on any atom is -0.493 e. The molecular formula is C27H48N3O9P. The van der Waals surface area contributed by atoms with Crippen molar-refractivity contribution in [3.8, 4) is 5.88 Å². The molecule has 0 saturated carbocycles. The van der Waals surface area contributed by atoms with Gasteiger partial charge in [-0.2, -0.15) is 0 Å². The number of aromatic nitrogens is 2. The monoisotopic (exact) mass is 589 g/mol. The summed E-state index contributed by atoms with van der Waals surface area (Å²) in [5.41, 5.74) is 4.68. The third-order valence-corrected chi connectivity index (χ3v) is 7.91. The van der Waals surface area contributed by atoms with Gasteiger partial charge in [-0.1, -0.05) is 76.9 Å². The number of phosphoric acid groups is 1. The van der Waals surface area contributed by atoms with Gasteiger partial charge in [0, 0.05) is 0 Å². The number of hydrogen-bond donors (Lipinski definition) is 5. The number of primary amides is 1. The number of rotatable bonds is 22. The van der Waals surface area contributed by atoms with Gasteiger partial charge < -0.3 is 30.7 Å². The van der Waals surface area contributed by atoms with Crippen LogP contribution in [0.3, 0.4) is 0 Å². The van der Waals surface area contributed by atoms with E-state index >= 15 is 0 Å². The number of aliphatic hydroxyl groups is 2. The molecule has 0 bridgehead atoms. The Kier molecular flexibility index (Phi) is 16.0. The second-order valence-corrected chi connectivity index (χ2v) is 11.7. The Balaban J connectivity index is 1.52. The van der Waals surface area contributed by atoms with Crippen molar-refractivity contribution in [2.75, 3.05) is 13.2 Å². The van der Waals surface area contributed by atoms with Gasteiger partial charge in [-0.25, -0.2) is 9.55 Å². The zero-order chi connectivity index (χ0) is 29.4. The number of hydrogen-bond acceptors (Lipinski definition) is 9. The predicted octanol–water partition coefficient (Wildman–Crippen LogP) is 4.48. The molecule has 1 aromatic rings. The number of ether oxygens (including phenoxy) is 1. The van der Waals surface area contributed by atoms with E-state index in [0.717, 1.165) is 43.0 Å². The summed E-state index contributed by atoms with van der Waals surface area (Å²) in [5, 5.41) is 30.6. The quantitative estimate of drug-likeness (QED) is 0.0733. The van der Waals surface area contributed by atoms with E-state index in [9.17, 15) is 29.6 Å². The van der Waals surface area contributed by atoms with Crippen LogP contribution in [0.4, 0.5) is 0 Å². The lowest BCUT2D eigenvalue weighted by molar-refractivity contribution is -0.0555. The van der Waals surface area contributed by atoms with Crippen LogP contribution in [0.2, 0.25) is 0 Å². The average molecular weight is 590 g/mol. The van der Waals surface area contributed by atoms with Gasteiger partial charge in [0.05, 0.1) is 13.2 Å². The molecular weight excluding hydrogens is 541 g/mol. The second-order valence-electron chi connectivity index (χ2n) is 10.3. The van der Waals surface area contributed by atoms with Gasteiger partial charge in [-0.05, 0) is 32.1 Å². The maximum Gasteiger partial charge on any atom is 0.472 e. The first-order valence-corrected chi connectivity index (χ1v) is 16.0. The summed E-state index contributed by atoms with van der Waals surface area (Å²) in [6.45, 7) is 1.74. The first-order chi connectivity index (χ1) is 19.2. The molecule has 40 heavy (non-hydrogen) atoms. The van der Waals surface area contributed by atoms with Crippen molar-refractivity contribution in [3.05, 3.63) is 24.2 Å². The fourth-order valence-corrected chi connectivity index (χ4v) is 5.32. The van der Waals surface area contributed by atoms with Gasteiger partial charge >= 0.3 is 7.82 Å². The highest BCUT2D eigenvalue weighted by molar-refractivity contribution is 7.47. The number of unbranched alkanes of at least 4 members (excludes halogenated alkanes) is 12. The second kappa shape index (κ2) is 18.6. The molecule has 1 fully saturated rings. The number of amides is 1. The van der Waals surface area contributed by atoms with Crippen molar-refractivity contribution in [1.82, 2.24) is 9.55 Å². The summed E-state index contributed by atoms with van der Waals surface area (Å²) < 4.78 is 28.6. The molecule has 6 N–H and O–H groups in total. The molecule has 1 unspecified atom stereocenters. The Morgan fingerprint density at radius 3 is 2.15 bits per heavy atom. The number of carbonyl (C=O) groups is 1. The minimum atomic E-state index is -4.40. The van der Waals surface area contributed by atoms with Crippen LogP contribution in [-0.2, 0) is 18.3 Å². The molecule has 1 aromatic heterocycles.